The summed E-state index contributed by atoms with van der Waals surface area (Å²) in [6.45, 7) is 1.82. The van der Waals surface area contributed by atoms with E-state index >= 15 is 0 Å². The molecule has 78 valence electrons. The number of phenolic OH excluding ortho intramolecular Hbond substituents is 1. The lowest BCUT2D eigenvalue weighted by Gasteiger charge is -2.01. The van der Waals surface area contributed by atoms with Crippen molar-refractivity contribution in [3.05, 3.63) is 29.5 Å². The standard InChI is InChI=1S/C11H11NO3/c1-6-3-7-8(11(14)15)5-12(2)10(7)9(13)4-6/h3-5,13H,1-2H3,(H,14,15). The Morgan fingerprint density at radius 1 is 1.40 bits per heavy atom. The number of nitrogens with zero attached hydrogens (tertiary/aromatic N) is 1. The van der Waals surface area contributed by atoms with Gasteiger partial charge < -0.3 is 14.8 Å². The Labute approximate surface area is 86.4 Å². The molecular formula is C11H11NO3. The summed E-state index contributed by atoms with van der Waals surface area (Å²) < 4.78 is 1.62. The van der Waals surface area contributed by atoms with Gasteiger partial charge in [0.15, 0.2) is 0 Å². The Morgan fingerprint density at radius 3 is 2.67 bits per heavy atom. The third kappa shape index (κ3) is 1.34. The maximum atomic E-state index is 11.0. The zero-order chi connectivity index (χ0) is 11.2. The molecular weight excluding hydrogens is 194 g/mol. The molecule has 0 aliphatic carbocycles. The van der Waals surface area contributed by atoms with Crippen LogP contribution in [0.3, 0.4) is 0 Å². The molecule has 4 heteroatoms. The molecule has 0 bridgehead atoms. The number of aromatic nitrogens is 1. The van der Waals surface area contributed by atoms with Crippen molar-refractivity contribution in [2.24, 2.45) is 7.05 Å². The normalized spacial score (nSPS) is 10.8. The lowest BCUT2D eigenvalue weighted by molar-refractivity contribution is 0.0699. The van der Waals surface area contributed by atoms with Gasteiger partial charge in [0.25, 0.3) is 0 Å². The van der Waals surface area contributed by atoms with Crippen LogP contribution in [0.25, 0.3) is 10.9 Å². The van der Waals surface area contributed by atoms with Crippen molar-refractivity contribution in [3.8, 4) is 5.75 Å². The van der Waals surface area contributed by atoms with Crippen molar-refractivity contribution in [2.45, 2.75) is 6.92 Å². The van der Waals surface area contributed by atoms with Crippen LogP contribution in [-0.4, -0.2) is 20.7 Å². The largest absolute Gasteiger partial charge is 0.506 e. The van der Waals surface area contributed by atoms with Gasteiger partial charge in [-0.3, -0.25) is 0 Å². The topological polar surface area (TPSA) is 62.5 Å². The Balaban J connectivity index is 2.93. The summed E-state index contributed by atoms with van der Waals surface area (Å²) in [7, 11) is 1.71. The van der Waals surface area contributed by atoms with E-state index in [1.807, 2.05) is 6.92 Å². The molecule has 0 amide bonds. The third-order valence-corrected chi connectivity index (χ3v) is 2.43. The highest BCUT2D eigenvalue weighted by Crippen LogP contribution is 2.29. The molecule has 0 saturated carbocycles. The molecule has 0 spiro atoms. The van der Waals surface area contributed by atoms with E-state index in [2.05, 4.69) is 0 Å². The summed E-state index contributed by atoms with van der Waals surface area (Å²) in [5.74, 6) is -0.870. The Morgan fingerprint density at radius 2 is 2.07 bits per heavy atom. The quantitative estimate of drug-likeness (QED) is 0.747. The lowest BCUT2D eigenvalue weighted by Crippen LogP contribution is -1.93. The number of hydrogen-bond donors (Lipinski definition) is 2. The molecule has 1 aromatic heterocycles. The van der Waals surface area contributed by atoms with E-state index in [1.165, 1.54) is 6.20 Å². The Hall–Kier alpha value is -1.97. The molecule has 0 radical (unpaired) electrons. The highest BCUT2D eigenvalue weighted by Gasteiger charge is 2.15. The fraction of sp³-hybridized carbons (Fsp3) is 0.182. The first-order chi connectivity index (χ1) is 7.00. The van der Waals surface area contributed by atoms with Crippen LogP contribution in [0, 0.1) is 6.92 Å². The van der Waals surface area contributed by atoms with Gasteiger partial charge in [0, 0.05) is 18.6 Å². The number of aromatic hydroxyl groups is 1. The molecule has 0 unspecified atom stereocenters. The van der Waals surface area contributed by atoms with Crippen LogP contribution in [0.2, 0.25) is 0 Å². The van der Waals surface area contributed by atoms with Crippen LogP contribution in [0.15, 0.2) is 18.3 Å². The van der Waals surface area contributed by atoms with Crippen LogP contribution in [-0.2, 0) is 7.05 Å². The number of fused-ring (bicyclic) bond motifs is 1. The first kappa shape index (κ1) is 9.58. The number of carbonyl (C=O) groups is 1. The minimum atomic E-state index is -0.981. The number of phenols is 1. The van der Waals surface area contributed by atoms with Gasteiger partial charge in [-0.05, 0) is 24.6 Å². The van der Waals surface area contributed by atoms with Crippen LogP contribution in [0.1, 0.15) is 15.9 Å². The number of aryl methyl sites for hydroxylation is 2. The molecule has 2 N–H and O–H groups in total. The maximum Gasteiger partial charge on any atom is 0.337 e. The lowest BCUT2D eigenvalue weighted by atomic mass is 10.1. The number of aromatic carboxylic acids is 1. The zero-order valence-electron chi connectivity index (χ0n) is 8.48. The van der Waals surface area contributed by atoms with Crippen LogP contribution in [0.5, 0.6) is 5.75 Å². The van der Waals surface area contributed by atoms with Gasteiger partial charge in [-0.15, -0.1) is 0 Å². The maximum absolute atomic E-state index is 11.0. The monoisotopic (exact) mass is 205 g/mol. The summed E-state index contributed by atoms with van der Waals surface area (Å²) in [5.41, 5.74) is 1.61. The fourth-order valence-electron chi connectivity index (χ4n) is 1.83. The van der Waals surface area contributed by atoms with Gasteiger partial charge in [0.2, 0.25) is 0 Å². The molecule has 0 aliphatic rings. The molecule has 2 aromatic rings. The second-order valence-corrected chi connectivity index (χ2v) is 3.64. The smallest absolute Gasteiger partial charge is 0.337 e. The van der Waals surface area contributed by atoms with Crippen LogP contribution in [0.4, 0.5) is 0 Å². The molecule has 15 heavy (non-hydrogen) atoms. The molecule has 0 fully saturated rings. The molecule has 0 atom stereocenters. The zero-order valence-corrected chi connectivity index (χ0v) is 8.48. The van der Waals surface area contributed by atoms with Crippen molar-refractivity contribution in [3.63, 3.8) is 0 Å². The molecule has 1 heterocycles. The van der Waals surface area contributed by atoms with Gasteiger partial charge in [-0.25, -0.2) is 4.79 Å². The second kappa shape index (κ2) is 3.02. The number of benzene rings is 1. The van der Waals surface area contributed by atoms with Crippen LogP contribution >= 0.6 is 0 Å². The molecule has 4 nitrogen and oxygen atoms in total. The number of carboxylic acid groups (broad SMARTS) is 1. The van der Waals surface area contributed by atoms with Crippen molar-refractivity contribution >= 4 is 16.9 Å². The summed E-state index contributed by atoms with van der Waals surface area (Å²) >= 11 is 0. The van der Waals surface area contributed by atoms with Gasteiger partial charge in [-0.2, -0.15) is 0 Å². The van der Waals surface area contributed by atoms with E-state index in [9.17, 15) is 9.90 Å². The molecule has 0 saturated heterocycles. The van der Waals surface area contributed by atoms with Crippen molar-refractivity contribution in [2.75, 3.05) is 0 Å². The van der Waals surface area contributed by atoms with Gasteiger partial charge in [0.05, 0.1) is 11.1 Å². The summed E-state index contributed by atoms with van der Waals surface area (Å²) in [5, 5.41) is 19.3. The van der Waals surface area contributed by atoms with Gasteiger partial charge in [0.1, 0.15) is 5.75 Å². The number of rotatable bonds is 1. The van der Waals surface area contributed by atoms with Crippen molar-refractivity contribution in [1.82, 2.24) is 4.57 Å². The van der Waals surface area contributed by atoms with E-state index in [0.29, 0.717) is 10.9 Å². The van der Waals surface area contributed by atoms with E-state index in [0.717, 1.165) is 5.56 Å². The summed E-state index contributed by atoms with van der Waals surface area (Å²) in [4.78, 5) is 11.0. The van der Waals surface area contributed by atoms with Crippen molar-refractivity contribution in [1.29, 1.82) is 0 Å². The molecule has 1 aromatic carbocycles. The van der Waals surface area contributed by atoms with Crippen LogP contribution < -0.4 is 0 Å². The van der Waals surface area contributed by atoms with E-state index < -0.39 is 5.97 Å². The van der Waals surface area contributed by atoms with Crippen molar-refractivity contribution < 1.29 is 15.0 Å². The van der Waals surface area contributed by atoms with E-state index in [1.54, 1.807) is 23.7 Å². The number of carboxylic acids is 1. The second-order valence-electron chi connectivity index (χ2n) is 3.64. The SMILES string of the molecule is Cc1cc(O)c2c(c1)c(C(=O)O)cn2C. The van der Waals surface area contributed by atoms with Gasteiger partial charge in [-0.1, -0.05) is 0 Å². The summed E-state index contributed by atoms with van der Waals surface area (Å²) in [6.07, 6.45) is 1.51. The third-order valence-electron chi connectivity index (χ3n) is 2.43. The Bertz CT molecular complexity index is 554. The summed E-state index contributed by atoms with van der Waals surface area (Å²) in [6, 6.07) is 3.38. The Kier molecular flexibility index (Phi) is 1.93. The first-order valence-corrected chi connectivity index (χ1v) is 4.52. The van der Waals surface area contributed by atoms with E-state index in [4.69, 9.17) is 5.11 Å². The average molecular weight is 205 g/mol. The molecule has 0 aliphatic heterocycles. The highest BCUT2D eigenvalue weighted by molar-refractivity contribution is 6.05. The predicted molar refractivity (Wildman–Crippen MR) is 56.3 cm³/mol. The van der Waals surface area contributed by atoms with E-state index in [-0.39, 0.29) is 11.3 Å². The predicted octanol–water partition coefficient (Wildman–Crippen LogP) is 1.89. The first-order valence-electron chi connectivity index (χ1n) is 4.52. The number of hydrogen-bond acceptors (Lipinski definition) is 2. The average Bonchev–Trinajstić information content (AvgIpc) is 2.42. The minimum Gasteiger partial charge on any atom is -0.506 e. The highest BCUT2D eigenvalue weighted by atomic mass is 16.4. The fourth-order valence-corrected chi connectivity index (χ4v) is 1.83. The minimum absolute atomic E-state index is 0.111. The molecule has 2 rings (SSSR count). The van der Waals surface area contributed by atoms with Gasteiger partial charge >= 0.3 is 5.97 Å².